The molecule has 2 amide bonds. The average Bonchev–Trinajstić information content (AvgIpc) is 2.78. The highest BCUT2D eigenvalue weighted by Crippen LogP contribution is 2.27. The van der Waals surface area contributed by atoms with E-state index in [1.807, 2.05) is 0 Å². The molecule has 1 heterocycles. The fourth-order valence-corrected chi connectivity index (χ4v) is 4.88. The van der Waals surface area contributed by atoms with Gasteiger partial charge in [0, 0.05) is 25.7 Å². The molecule has 0 spiro atoms. The number of anilines is 2. The van der Waals surface area contributed by atoms with Gasteiger partial charge in [-0.1, -0.05) is 0 Å². The summed E-state index contributed by atoms with van der Waals surface area (Å²) in [7, 11) is -2.49. The van der Waals surface area contributed by atoms with Crippen LogP contribution in [0.2, 0.25) is 0 Å². The van der Waals surface area contributed by atoms with Crippen molar-refractivity contribution in [1.29, 1.82) is 0 Å². The van der Waals surface area contributed by atoms with Crippen molar-refractivity contribution in [3.63, 3.8) is 0 Å². The van der Waals surface area contributed by atoms with Crippen LogP contribution in [0.3, 0.4) is 0 Å². The van der Waals surface area contributed by atoms with E-state index in [0.717, 1.165) is 23.6 Å². The van der Waals surface area contributed by atoms with Gasteiger partial charge in [-0.05, 0) is 67.8 Å². The van der Waals surface area contributed by atoms with Crippen molar-refractivity contribution >= 4 is 33.2 Å². The van der Waals surface area contributed by atoms with Crippen LogP contribution < -0.4 is 14.4 Å². The summed E-state index contributed by atoms with van der Waals surface area (Å²) < 4.78 is 33.2. The molecule has 2 aromatic rings. The number of hydrogen-bond acceptors (Lipinski definition) is 5. The Morgan fingerprint density at radius 3 is 2.16 bits per heavy atom. The Hall–Kier alpha value is -3.07. The number of sulfonamides is 1. The van der Waals surface area contributed by atoms with Gasteiger partial charge >= 0.3 is 0 Å². The summed E-state index contributed by atoms with van der Waals surface area (Å²) in [6.45, 7) is 2.37. The second-order valence-corrected chi connectivity index (χ2v) is 9.22. The first-order chi connectivity index (χ1) is 14.8. The summed E-state index contributed by atoms with van der Waals surface area (Å²) in [6, 6.07) is 12.4. The lowest BCUT2D eigenvalue weighted by atomic mass is 10.1. The topological polar surface area (TPSA) is 96.0 Å². The molecule has 8 nitrogen and oxygen atoms in total. The van der Waals surface area contributed by atoms with E-state index in [9.17, 15) is 18.0 Å². The fourth-order valence-electron chi connectivity index (χ4n) is 3.47. The molecule has 1 N–H and O–H groups in total. The van der Waals surface area contributed by atoms with Crippen LogP contribution in [0.5, 0.6) is 5.75 Å². The van der Waals surface area contributed by atoms with Gasteiger partial charge in [-0.15, -0.1) is 0 Å². The lowest BCUT2D eigenvalue weighted by molar-refractivity contribution is -0.130. The first-order valence-corrected chi connectivity index (χ1v) is 11.6. The van der Waals surface area contributed by atoms with Crippen molar-refractivity contribution < 1.29 is 22.7 Å². The van der Waals surface area contributed by atoms with Gasteiger partial charge in [-0.3, -0.25) is 13.9 Å². The maximum atomic E-state index is 13.5. The molecule has 0 saturated carbocycles. The van der Waals surface area contributed by atoms with Crippen LogP contribution in [0, 0.1) is 0 Å². The van der Waals surface area contributed by atoms with Crippen molar-refractivity contribution in [1.82, 2.24) is 4.90 Å². The number of methoxy groups -OCH3 is 1. The van der Waals surface area contributed by atoms with Gasteiger partial charge in [0.2, 0.25) is 11.8 Å². The van der Waals surface area contributed by atoms with E-state index >= 15 is 0 Å². The van der Waals surface area contributed by atoms with E-state index in [-0.39, 0.29) is 23.3 Å². The number of likely N-dealkylation sites (tertiary alicyclic amines) is 1. The maximum Gasteiger partial charge on any atom is 0.264 e. The van der Waals surface area contributed by atoms with Crippen LogP contribution >= 0.6 is 0 Å². The molecular formula is C22H27N3O5S. The zero-order valence-electron chi connectivity index (χ0n) is 17.7. The highest BCUT2D eigenvalue weighted by atomic mass is 32.2. The molecule has 0 aliphatic carbocycles. The molecule has 0 unspecified atom stereocenters. The molecule has 1 fully saturated rings. The van der Waals surface area contributed by atoms with Gasteiger partial charge in [0.15, 0.2) is 0 Å². The van der Waals surface area contributed by atoms with Crippen LogP contribution in [0.25, 0.3) is 0 Å². The molecule has 31 heavy (non-hydrogen) atoms. The van der Waals surface area contributed by atoms with Crippen LogP contribution in [0.4, 0.5) is 11.4 Å². The van der Waals surface area contributed by atoms with Crippen molar-refractivity contribution in [2.24, 2.45) is 0 Å². The number of benzene rings is 2. The predicted molar refractivity (Wildman–Crippen MR) is 119 cm³/mol. The van der Waals surface area contributed by atoms with E-state index in [0.29, 0.717) is 30.2 Å². The number of piperidine rings is 1. The molecular weight excluding hydrogens is 418 g/mol. The lowest BCUT2D eigenvalue weighted by Crippen LogP contribution is -2.44. The molecule has 1 saturated heterocycles. The number of nitrogens with one attached hydrogen (secondary N) is 1. The Morgan fingerprint density at radius 2 is 1.61 bits per heavy atom. The summed E-state index contributed by atoms with van der Waals surface area (Å²) in [5.41, 5.74) is 0.865. The number of ether oxygens (including phenoxy) is 1. The predicted octanol–water partition coefficient (Wildman–Crippen LogP) is 2.86. The van der Waals surface area contributed by atoms with Crippen LogP contribution in [0.1, 0.15) is 26.2 Å². The normalized spacial score (nSPS) is 14.1. The molecule has 9 heteroatoms. The van der Waals surface area contributed by atoms with Gasteiger partial charge in [-0.2, -0.15) is 0 Å². The third kappa shape index (κ3) is 5.55. The maximum absolute atomic E-state index is 13.5. The van der Waals surface area contributed by atoms with Crippen LogP contribution in [-0.4, -0.2) is 51.9 Å². The highest BCUT2D eigenvalue weighted by molar-refractivity contribution is 7.92. The zero-order chi connectivity index (χ0) is 22.4. The summed E-state index contributed by atoms with van der Waals surface area (Å²) in [5, 5.41) is 2.61. The standard InChI is InChI=1S/C22H27N3O5S/c1-17(26)23-18-6-12-21(13-7-18)31(28,29)25(19-8-10-20(30-2)11-9-19)16-22(27)24-14-4-3-5-15-24/h6-13H,3-5,14-16H2,1-2H3,(H,23,26). The molecule has 2 aromatic carbocycles. The van der Waals surface area contributed by atoms with Gasteiger partial charge in [0.25, 0.3) is 10.0 Å². The Kier molecular flexibility index (Phi) is 7.17. The van der Waals surface area contributed by atoms with E-state index < -0.39 is 10.0 Å². The smallest absolute Gasteiger partial charge is 0.264 e. The van der Waals surface area contributed by atoms with E-state index in [1.54, 1.807) is 29.2 Å². The summed E-state index contributed by atoms with van der Waals surface area (Å²) in [4.78, 5) is 25.9. The molecule has 3 rings (SSSR count). The minimum absolute atomic E-state index is 0.0314. The highest BCUT2D eigenvalue weighted by Gasteiger charge is 2.29. The fraction of sp³-hybridized carbons (Fsp3) is 0.364. The van der Waals surface area contributed by atoms with Gasteiger partial charge in [0.1, 0.15) is 12.3 Å². The van der Waals surface area contributed by atoms with Gasteiger partial charge in [-0.25, -0.2) is 8.42 Å². The molecule has 0 radical (unpaired) electrons. The Labute approximate surface area is 182 Å². The molecule has 0 aromatic heterocycles. The second kappa shape index (κ2) is 9.82. The molecule has 0 bridgehead atoms. The largest absolute Gasteiger partial charge is 0.497 e. The summed E-state index contributed by atoms with van der Waals surface area (Å²) in [6.07, 6.45) is 2.92. The van der Waals surface area contributed by atoms with Crippen molar-refractivity contribution in [2.45, 2.75) is 31.1 Å². The third-order valence-electron chi connectivity index (χ3n) is 5.11. The monoisotopic (exact) mass is 445 g/mol. The first-order valence-electron chi connectivity index (χ1n) is 10.1. The number of nitrogens with zero attached hydrogens (tertiary/aromatic N) is 2. The molecule has 1 aliphatic rings. The Balaban J connectivity index is 1.93. The number of amides is 2. The van der Waals surface area contributed by atoms with E-state index in [1.165, 1.54) is 38.3 Å². The van der Waals surface area contributed by atoms with E-state index in [2.05, 4.69) is 5.32 Å². The quantitative estimate of drug-likeness (QED) is 0.707. The van der Waals surface area contributed by atoms with E-state index in [4.69, 9.17) is 4.74 Å². The molecule has 166 valence electrons. The summed E-state index contributed by atoms with van der Waals surface area (Å²) >= 11 is 0. The Morgan fingerprint density at radius 1 is 1.00 bits per heavy atom. The van der Waals surface area contributed by atoms with Crippen LogP contribution in [-0.2, 0) is 19.6 Å². The van der Waals surface area contributed by atoms with Crippen molar-refractivity contribution in [3.8, 4) is 5.75 Å². The second-order valence-electron chi connectivity index (χ2n) is 7.36. The Bertz CT molecular complexity index is 1010. The average molecular weight is 446 g/mol. The first kappa shape index (κ1) is 22.6. The van der Waals surface area contributed by atoms with Gasteiger partial charge in [0.05, 0.1) is 17.7 Å². The van der Waals surface area contributed by atoms with Crippen LogP contribution in [0.15, 0.2) is 53.4 Å². The molecule has 1 aliphatic heterocycles. The number of hydrogen-bond donors (Lipinski definition) is 1. The minimum Gasteiger partial charge on any atom is -0.497 e. The van der Waals surface area contributed by atoms with Gasteiger partial charge < -0.3 is 15.0 Å². The number of rotatable bonds is 7. The number of carbonyl (C=O) groups is 2. The minimum atomic E-state index is -4.02. The van der Waals surface area contributed by atoms with Crippen molar-refractivity contribution in [3.05, 3.63) is 48.5 Å². The number of carbonyl (C=O) groups excluding carboxylic acids is 2. The molecule has 0 atom stereocenters. The zero-order valence-corrected chi connectivity index (χ0v) is 18.5. The SMILES string of the molecule is COc1ccc(N(CC(=O)N2CCCCC2)S(=O)(=O)c2ccc(NC(C)=O)cc2)cc1. The summed E-state index contributed by atoms with van der Waals surface area (Å²) in [5.74, 6) is 0.111. The van der Waals surface area contributed by atoms with Crippen molar-refractivity contribution in [2.75, 3.05) is 36.4 Å². The third-order valence-corrected chi connectivity index (χ3v) is 6.90. The lowest BCUT2D eigenvalue weighted by Gasteiger charge is -2.30.